The van der Waals surface area contributed by atoms with Crippen molar-refractivity contribution in [2.75, 3.05) is 0 Å². The number of carboxylic acids is 1. The van der Waals surface area contributed by atoms with Gasteiger partial charge >= 0.3 is 5.97 Å². The molecule has 0 saturated heterocycles. The molecule has 1 aromatic rings. The quantitative estimate of drug-likeness (QED) is 0.840. The van der Waals surface area contributed by atoms with E-state index in [-0.39, 0.29) is 0 Å². The van der Waals surface area contributed by atoms with Gasteiger partial charge in [0, 0.05) is 11.6 Å². The second-order valence-corrected chi connectivity index (χ2v) is 5.23. The lowest BCUT2D eigenvalue weighted by Gasteiger charge is -2.17. The standard InChI is InChI=1S/C14H17ClN2O2/c1-9(2)5-13(14(18)19)17-8-11-4-3-10(7-16)6-12(11)15/h3-4,6,9,13,17H,5,8H2,1-2H3,(H,18,19). The van der Waals surface area contributed by atoms with Crippen LogP contribution in [0.4, 0.5) is 0 Å². The molecular weight excluding hydrogens is 264 g/mol. The van der Waals surface area contributed by atoms with Crippen LogP contribution in [-0.2, 0) is 11.3 Å². The number of hydrogen-bond acceptors (Lipinski definition) is 3. The van der Waals surface area contributed by atoms with Crippen molar-refractivity contribution in [3.63, 3.8) is 0 Å². The normalized spacial score (nSPS) is 12.2. The van der Waals surface area contributed by atoms with E-state index >= 15 is 0 Å². The Kier molecular flexibility index (Phi) is 5.81. The Morgan fingerprint density at radius 3 is 2.68 bits per heavy atom. The summed E-state index contributed by atoms with van der Waals surface area (Å²) in [7, 11) is 0. The van der Waals surface area contributed by atoms with Gasteiger partial charge in [-0.1, -0.05) is 31.5 Å². The number of nitrogens with one attached hydrogen (secondary N) is 1. The van der Waals surface area contributed by atoms with Crippen LogP contribution in [-0.4, -0.2) is 17.1 Å². The van der Waals surface area contributed by atoms with E-state index in [0.29, 0.717) is 29.5 Å². The molecular formula is C14H17ClN2O2. The zero-order valence-corrected chi connectivity index (χ0v) is 11.7. The highest BCUT2D eigenvalue weighted by Gasteiger charge is 2.18. The number of nitrogens with zero attached hydrogens (tertiary/aromatic N) is 1. The van der Waals surface area contributed by atoms with Crippen LogP contribution in [0.2, 0.25) is 5.02 Å². The molecule has 5 heteroatoms. The van der Waals surface area contributed by atoms with Gasteiger partial charge in [0.1, 0.15) is 6.04 Å². The van der Waals surface area contributed by atoms with Gasteiger partial charge in [0.25, 0.3) is 0 Å². The molecule has 102 valence electrons. The molecule has 0 fully saturated rings. The van der Waals surface area contributed by atoms with Gasteiger partial charge in [0.05, 0.1) is 11.6 Å². The van der Waals surface area contributed by atoms with Gasteiger partial charge in [-0.25, -0.2) is 0 Å². The molecule has 0 amide bonds. The Balaban J connectivity index is 2.69. The zero-order valence-electron chi connectivity index (χ0n) is 11.0. The van der Waals surface area contributed by atoms with E-state index < -0.39 is 12.0 Å². The first-order chi connectivity index (χ1) is 8.93. The Hall–Kier alpha value is -1.57. The fourth-order valence-corrected chi connectivity index (χ4v) is 1.98. The van der Waals surface area contributed by atoms with E-state index in [0.717, 1.165) is 5.56 Å². The van der Waals surface area contributed by atoms with E-state index in [2.05, 4.69) is 5.32 Å². The highest BCUT2D eigenvalue weighted by atomic mass is 35.5. The van der Waals surface area contributed by atoms with Crippen molar-refractivity contribution in [3.8, 4) is 6.07 Å². The average Bonchev–Trinajstić information content (AvgIpc) is 2.34. The zero-order chi connectivity index (χ0) is 14.4. The number of hydrogen-bond donors (Lipinski definition) is 2. The number of benzene rings is 1. The summed E-state index contributed by atoms with van der Waals surface area (Å²) in [4.78, 5) is 11.1. The van der Waals surface area contributed by atoms with Crippen molar-refractivity contribution in [2.24, 2.45) is 5.92 Å². The molecule has 0 aliphatic carbocycles. The molecule has 1 unspecified atom stereocenters. The van der Waals surface area contributed by atoms with Crippen LogP contribution in [0.15, 0.2) is 18.2 Å². The van der Waals surface area contributed by atoms with Gasteiger partial charge < -0.3 is 10.4 Å². The van der Waals surface area contributed by atoms with Crippen molar-refractivity contribution in [2.45, 2.75) is 32.9 Å². The second-order valence-electron chi connectivity index (χ2n) is 4.82. The van der Waals surface area contributed by atoms with Crippen LogP contribution < -0.4 is 5.32 Å². The lowest BCUT2D eigenvalue weighted by Crippen LogP contribution is -2.37. The van der Waals surface area contributed by atoms with Crippen LogP contribution in [0.25, 0.3) is 0 Å². The first-order valence-corrected chi connectivity index (χ1v) is 6.46. The van der Waals surface area contributed by atoms with E-state index in [1.807, 2.05) is 19.9 Å². The summed E-state index contributed by atoms with van der Waals surface area (Å²) in [6, 6.07) is 6.40. The summed E-state index contributed by atoms with van der Waals surface area (Å²) in [5.41, 5.74) is 1.28. The first-order valence-electron chi connectivity index (χ1n) is 6.08. The minimum Gasteiger partial charge on any atom is -0.480 e. The number of nitriles is 1. The van der Waals surface area contributed by atoms with Crippen LogP contribution in [0.5, 0.6) is 0 Å². The minimum absolute atomic E-state index is 0.296. The Bertz CT molecular complexity index is 495. The highest BCUT2D eigenvalue weighted by molar-refractivity contribution is 6.31. The van der Waals surface area contributed by atoms with Crippen LogP contribution in [0.1, 0.15) is 31.4 Å². The predicted octanol–water partition coefficient (Wildman–Crippen LogP) is 2.80. The van der Waals surface area contributed by atoms with Crippen molar-refractivity contribution in [3.05, 3.63) is 34.3 Å². The number of aliphatic carboxylic acids is 1. The molecule has 1 atom stereocenters. The molecule has 1 aromatic carbocycles. The maximum atomic E-state index is 11.1. The van der Waals surface area contributed by atoms with Crippen LogP contribution in [0, 0.1) is 17.2 Å². The molecule has 19 heavy (non-hydrogen) atoms. The third kappa shape index (κ3) is 4.90. The van der Waals surface area contributed by atoms with Crippen molar-refractivity contribution in [1.29, 1.82) is 5.26 Å². The molecule has 0 heterocycles. The Morgan fingerprint density at radius 1 is 1.53 bits per heavy atom. The van der Waals surface area contributed by atoms with Crippen molar-refractivity contribution < 1.29 is 9.90 Å². The van der Waals surface area contributed by atoms with Gasteiger partial charge in [0.2, 0.25) is 0 Å². The summed E-state index contributed by atoms with van der Waals surface area (Å²) in [6.45, 7) is 4.33. The first kappa shape index (κ1) is 15.5. The highest BCUT2D eigenvalue weighted by Crippen LogP contribution is 2.18. The van der Waals surface area contributed by atoms with Crippen LogP contribution >= 0.6 is 11.6 Å². The fourth-order valence-electron chi connectivity index (χ4n) is 1.74. The average molecular weight is 281 g/mol. The SMILES string of the molecule is CC(C)CC(NCc1ccc(C#N)cc1Cl)C(=O)O. The van der Waals surface area contributed by atoms with Gasteiger partial charge in [-0.15, -0.1) is 0 Å². The molecule has 2 N–H and O–H groups in total. The molecule has 0 aliphatic heterocycles. The minimum atomic E-state index is -0.863. The summed E-state index contributed by atoms with van der Waals surface area (Å²) in [5.74, 6) is -0.566. The molecule has 0 saturated carbocycles. The van der Waals surface area contributed by atoms with Gasteiger partial charge in [-0.2, -0.15) is 5.26 Å². The van der Waals surface area contributed by atoms with E-state index in [1.54, 1.807) is 18.2 Å². The van der Waals surface area contributed by atoms with E-state index in [9.17, 15) is 4.79 Å². The topological polar surface area (TPSA) is 73.1 Å². The largest absolute Gasteiger partial charge is 0.480 e. The lowest BCUT2D eigenvalue weighted by atomic mass is 10.0. The summed E-state index contributed by atoms with van der Waals surface area (Å²) < 4.78 is 0. The molecule has 0 bridgehead atoms. The molecule has 0 aromatic heterocycles. The molecule has 1 rings (SSSR count). The number of rotatable bonds is 6. The summed E-state index contributed by atoms with van der Waals surface area (Å²) >= 11 is 6.04. The third-order valence-corrected chi connectivity index (χ3v) is 3.08. The molecule has 0 radical (unpaired) electrons. The van der Waals surface area contributed by atoms with Gasteiger partial charge in [-0.3, -0.25) is 4.79 Å². The molecule has 4 nitrogen and oxygen atoms in total. The van der Waals surface area contributed by atoms with E-state index in [1.165, 1.54) is 0 Å². The Labute approximate surface area is 118 Å². The fraction of sp³-hybridized carbons (Fsp3) is 0.429. The number of carbonyl (C=O) groups is 1. The summed E-state index contributed by atoms with van der Waals surface area (Å²) in [6.07, 6.45) is 0.559. The predicted molar refractivity (Wildman–Crippen MR) is 73.9 cm³/mol. The van der Waals surface area contributed by atoms with Crippen molar-refractivity contribution >= 4 is 17.6 Å². The Morgan fingerprint density at radius 2 is 2.21 bits per heavy atom. The number of carboxylic acid groups (broad SMARTS) is 1. The van der Waals surface area contributed by atoms with Gasteiger partial charge in [-0.05, 0) is 30.0 Å². The van der Waals surface area contributed by atoms with Gasteiger partial charge in [0.15, 0.2) is 0 Å². The summed E-state index contributed by atoms with van der Waals surface area (Å²) in [5, 5.41) is 21.3. The smallest absolute Gasteiger partial charge is 0.320 e. The monoisotopic (exact) mass is 280 g/mol. The van der Waals surface area contributed by atoms with Crippen LogP contribution in [0.3, 0.4) is 0 Å². The lowest BCUT2D eigenvalue weighted by molar-refractivity contribution is -0.140. The maximum Gasteiger partial charge on any atom is 0.320 e. The van der Waals surface area contributed by atoms with Crippen molar-refractivity contribution in [1.82, 2.24) is 5.32 Å². The third-order valence-electron chi connectivity index (χ3n) is 2.73. The second kappa shape index (κ2) is 7.13. The molecule has 0 aliphatic rings. The number of halogens is 1. The molecule has 0 spiro atoms. The maximum absolute atomic E-state index is 11.1. The van der Waals surface area contributed by atoms with E-state index in [4.69, 9.17) is 22.0 Å².